The molecule has 0 spiro atoms. The summed E-state index contributed by atoms with van der Waals surface area (Å²) < 4.78 is 4.94. The van der Waals surface area contributed by atoms with E-state index in [2.05, 4.69) is 29.2 Å². The first kappa shape index (κ1) is 31.2. The second-order valence-corrected chi connectivity index (χ2v) is 12.4. The van der Waals surface area contributed by atoms with Crippen LogP contribution in [0.2, 0.25) is 10.0 Å². The summed E-state index contributed by atoms with van der Waals surface area (Å²) in [5, 5.41) is 6.11. The number of unbranched alkanes of at least 4 members (excludes halogenated alkanes) is 1. The molecule has 1 saturated heterocycles. The van der Waals surface area contributed by atoms with Crippen LogP contribution in [0.5, 0.6) is 0 Å². The van der Waals surface area contributed by atoms with Crippen LogP contribution in [-0.4, -0.2) is 83.9 Å². The minimum atomic E-state index is -0.442. The van der Waals surface area contributed by atoms with Crippen molar-refractivity contribution < 1.29 is 19.1 Å². The third-order valence-electron chi connectivity index (χ3n) is 6.35. The van der Waals surface area contributed by atoms with Crippen molar-refractivity contribution in [1.29, 1.82) is 0 Å². The summed E-state index contributed by atoms with van der Waals surface area (Å²) in [6.45, 7) is 6.50. The predicted octanol–water partition coefficient (Wildman–Crippen LogP) is 5.27. The number of amides is 2. The number of carbonyl (C=O) groups is 3. The molecule has 3 aromatic heterocycles. The van der Waals surface area contributed by atoms with Gasteiger partial charge in [-0.1, -0.05) is 47.9 Å². The number of anilines is 2. The van der Waals surface area contributed by atoms with E-state index in [1.54, 1.807) is 11.8 Å². The highest BCUT2D eigenvalue weighted by Crippen LogP contribution is 2.37. The summed E-state index contributed by atoms with van der Waals surface area (Å²) in [6.07, 6.45) is 3.64. The molecule has 1 fully saturated rings. The monoisotopic (exact) mass is 638 g/mol. The highest BCUT2D eigenvalue weighted by Gasteiger charge is 2.28. The maximum atomic E-state index is 13.1. The number of aromatic nitrogens is 2. The second kappa shape index (κ2) is 14.4. The molecule has 0 atom stereocenters. The number of hydrogen-bond acceptors (Lipinski definition) is 10. The van der Waals surface area contributed by atoms with Crippen molar-refractivity contribution in [3.63, 3.8) is 0 Å². The second-order valence-electron chi connectivity index (χ2n) is 9.54. The zero-order valence-electron chi connectivity index (χ0n) is 23.1. The molecule has 4 heterocycles. The van der Waals surface area contributed by atoms with Crippen LogP contribution in [0.1, 0.15) is 41.9 Å². The van der Waals surface area contributed by atoms with Gasteiger partial charge in [-0.2, -0.15) is 0 Å². The van der Waals surface area contributed by atoms with E-state index >= 15 is 0 Å². The number of hydrogen-bond donors (Lipinski definition) is 1. The van der Waals surface area contributed by atoms with Gasteiger partial charge >= 0.3 is 5.97 Å². The number of piperazine rings is 1. The molecule has 41 heavy (non-hydrogen) atoms. The third kappa shape index (κ3) is 8.16. The van der Waals surface area contributed by atoms with Crippen LogP contribution in [0.15, 0.2) is 23.7 Å². The Morgan fingerprint density at radius 1 is 1.22 bits per heavy atom. The molecule has 0 bridgehead atoms. The van der Waals surface area contributed by atoms with E-state index in [1.165, 1.54) is 39.8 Å². The maximum Gasteiger partial charge on any atom is 0.325 e. The van der Waals surface area contributed by atoms with Crippen molar-refractivity contribution in [3.8, 4) is 10.6 Å². The van der Waals surface area contributed by atoms with Gasteiger partial charge in [0.25, 0.3) is 5.91 Å². The van der Waals surface area contributed by atoms with Gasteiger partial charge in [-0.3, -0.25) is 19.7 Å². The number of nitrogens with zero attached hydrogens (tertiary/aromatic N) is 5. The van der Waals surface area contributed by atoms with E-state index in [1.807, 2.05) is 11.4 Å². The molecule has 1 aliphatic heterocycles. The van der Waals surface area contributed by atoms with Crippen molar-refractivity contribution in [2.75, 3.05) is 56.6 Å². The Balaban J connectivity index is 1.45. The number of pyridine rings is 1. The van der Waals surface area contributed by atoms with Crippen LogP contribution >= 0.6 is 45.9 Å². The normalized spacial score (nSPS) is 13.7. The van der Waals surface area contributed by atoms with E-state index in [0.717, 1.165) is 34.8 Å². The van der Waals surface area contributed by atoms with Gasteiger partial charge in [0.1, 0.15) is 12.4 Å². The van der Waals surface area contributed by atoms with Gasteiger partial charge in [0.2, 0.25) is 5.91 Å². The lowest BCUT2D eigenvalue weighted by Crippen LogP contribution is -2.52. The van der Waals surface area contributed by atoms with Crippen LogP contribution in [0.3, 0.4) is 0 Å². The number of ether oxygens (including phenoxy) is 1. The average molecular weight is 640 g/mol. The fourth-order valence-corrected chi connectivity index (χ4v) is 6.76. The van der Waals surface area contributed by atoms with E-state index in [0.29, 0.717) is 35.6 Å². The SMILES string of the molecule is CCCCN(C)Cc1sc(NC(=O)c2cnc(N3CCN(CC(=O)OCC)C(=O)C3)c(Cl)c2)nc1-c1cc(Cl)cs1. The number of nitrogens with one attached hydrogen (secondary N) is 1. The number of esters is 1. The minimum absolute atomic E-state index is 0.0157. The molecule has 10 nitrogen and oxygen atoms in total. The van der Waals surface area contributed by atoms with Crippen LogP contribution in [0.4, 0.5) is 10.9 Å². The lowest BCUT2D eigenvalue weighted by molar-refractivity contribution is -0.149. The first-order chi connectivity index (χ1) is 19.7. The summed E-state index contributed by atoms with van der Waals surface area (Å²) in [7, 11) is 2.07. The van der Waals surface area contributed by atoms with Crippen molar-refractivity contribution in [2.24, 2.45) is 0 Å². The van der Waals surface area contributed by atoms with Crippen LogP contribution in [0, 0.1) is 0 Å². The molecule has 220 valence electrons. The zero-order chi connectivity index (χ0) is 29.5. The molecule has 0 saturated carbocycles. The first-order valence-electron chi connectivity index (χ1n) is 13.3. The van der Waals surface area contributed by atoms with E-state index in [4.69, 9.17) is 32.9 Å². The highest BCUT2D eigenvalue weighted by atomic mass is 35.5. The van der Waals surface area contributed by atoms with Gasteiger partial charge in [-0.05, 0) is 39.1 Å². The summed E-state index contributed by atoms with van der Waals surface area (Å²) >= 11 is 15.6. The van der Waals surface area contributed by atoms with E-state index < -0.39 is 11.9 Å². The predicted molar refractivity (Wildman–Crippen MR) is 164 cm³/mol. The Kier molecular flexibility index (Phi) is 11.0. The average Bonchev–Trinajstić information content (AvgIpc) is 3.54. The molecule has 3 aromatic rings. The van der Waals surface area contributed by atoms with Crippen LogP contribution < -0.4 is 10.2 Å². The smallest absolute Gasteiger partial charge is 0.325 e. The van der Waals surface area contributed by atoms with Crippen molar-refractivity contribution >= 4 is 74.6 Å². The zero-order valence-corrected chi connectivity index (χ0v) is 26.3. The topological polar surface area (TPSA) is 108 Å². The van der Waals surface area contributed by atoms with Crippen molar-refractivity contribution in [2.45, 2.75) is 33.2 Å². The van der Waals surface area contributed by atoms with Crippen LogP contribution in [-0.2, 0) is 20.9 Å². The first-order valence-corrected chi connectivity index (χ1v) is 15.7. The van der Waals surface area contributed by atoms with E-state index in [-0.39, 0.29) is 36.2 Å². The highest BCUT2D eigenvalue weighted by molar-refractivity contribution is 7.17. The van der Waals surface area contributed by atoms with Gasteiger partial charge < -0.3 is 19.4 Å². The number of halogens is 2. The number of rotatable bonds is 12. The van der Waals surface area contributed by atoms with Gasteiger partial charge in [0.05, 0.1) is 39.3 Å². The summed E-state index contributed by atoms with van der Waals surface area (Å²) in [6, 6.07) is 3.41. The van der Waals surface area contributed by atoms with Crippen molar-refractivity contribution in [1.82, 2.24) is 19.8 Å². The van der Waals surface area contributed by atoms with Crippen molar-refractivity contribution in [3.05, 3.63) is 44.2 Å². The van der Waals surface area contributed by atoms with E-state index in [9.17, 15) is 14.4 Å². The lowest BCUT2D eigenvalue weighted by Gasteiger charge is -2.34. The van der Waals surface area contributed by atoms with Crippen LogP contribution in [0.25, 0.3) is 10.6 Å². The standard InChI is InChI=1S/C27H32Cl2N6O4S2/c1-4-6-7-33(3)13-21-24(20-11-18(28)16-40-20)31-27(41-21)32-26(38)17-10-19(29)25(30-12-17)35-9-8-34(22(36)14-35)15-23(37)39-5-2/h10-12,16H,4-9,13-15H2,1-3H3,(H,31,32,38). The fraction of sp³-hybridized carbons (Fsp3) is 0.444. The molecule has 1 aliphatic rings. The summed E-state index contributed by atoms with van der Waals surface area (Å²) in [5.74, 6) is -0.665. The number of thiophene rings is 1. The molecular weight excluding hydrogens is 607 g/mol. The molecule has 0 radical (unpaired) electrons. The maximum absolute atomic E-state index is 13.1. The number of carbonyl (C=O) groups excluding carboxylic acids is 3. The van der Waals surface area contributed by atoms with Gasteiger partial charge in [0.15, 0.2) is 5.13 Å². The lowest BCUT2D eigenvalue weighted by atomic mass is 10.2. The quantitative estimate of drug-likeness (QED) is 0.267. The summed E-state index contributed by atoms with van der Waals surface area (Å²) in [5.41, 5.74) is 1.08. The summed E-state index contributed by atoms with van der Waals surface area (Å²) in [4.78, 5) is 54.0. The Hall–Kier alpha value is -2.77. The molecule has 0 unspecified atom stereocenters. The minimum Gasteiger partial charge on any atom is -0.465 e. The molecular formula is C27H32Cl2N6O4S2. The molecule has 14 heteroatoms. The molecule has 0 aromatic carbocycles. The van der Waals surface area contributed by atoms with Gasteiger partial charge in [-0.15, -0.1) is 11.3 Å². The Morgan fingerprint density at radius 2 is 2.02 bits per heavy atom. The number of thiazole rings is 1. The Labute approximate surface area is 257 Å². The molecule has 1 N–H and O–H groups in total. The van der Waals surface area contributed by atoms with Gasteiger partial charge in [-0.25, -0.2) is 9.97 Å². The Bertz CT molecular complexity index is 1400. The fourth-order valence-electron chi connectivity index (χ4n) is 4.27. The van der Waals surface area contributed by atoms with Gasteiger partial charge in [0, 0.05) is 36.1 Å². The molecule has 0 aliphatic carbocycles. The largest absolute Gasteiger partial charge is 0.465 e. The third-order valence-corrected chi connectivity index (χ3v) is 8.87. The molecule has 2 amide bonds. The molecule has 4 rings (SSSR count). The Morgan fingerprint density at radius 3 is 2.68 bits per heavy atom.